The lowest BCUT2D eigenvalue weighted by Gasteiger charge is -2.08. The summed E-state index contributed by atoms with van der Waals surface area (Å²) < 4.78 is 22.4. The summed E-state index contributed by atoms with van der Waals surface area (Å²) in [5.41, 5.74) is 0.355. The number of urea groups is 1. The van der Waals surface area contributed by atoms with E-state index in [9.17, 15) is 13.2 Å². The van der Waals surface area contributed by atoms with Gasteiger partial charge in [-0.25, -0.2) is 23.3 Å². The second-order valence-corrected chi connectivity index (χ2v) is 6.67. The van der Waals surface area contributed by atoms with Crippen LogP contribution in [0.2, 0.25) is 0 Å². The van der Waals surface area contributed by atoms with E-state index in [4.69, 9.17) is 5.14 Å². The average Bonchev–Trinajstić information content (AvgIpc) is 2.91. The quantitative estimate of drug-likeness (QED) is 0.764. The second kappa shape index (κ2) is 6.66. The number of aromatic nitrogens is 1. The maximum Gasteiger partial charge on any atom is 0.319 e. The molecule has 2 amide bonds. The third-order valence-electron chi connectivity index (χ3n) is 2.53. The van der Waals surface area contributed by atoms with Crippen molar-refractivity contribution in [1.29, 1.82) is 0 Å². The number of nitrogens with one attached hydrogen (secondary N) is 2. The van der Waals surface area contributed by atoms with Gasteiger partial charge < -0.3 is 10.6 Å². The second-order valence-electron chi connectivity index (χ2n) is 4.13. The van der Waals surface area contributed by atoms with Gasteiger partial charge in [-0.2, -0.15) is 0 Å². The first kappa shape index (κ1) is 15.4. The van der Waals surface area contributed by atoms with E-state index in [1.54, 1.807) is 12.3 Å². The molecule has 9 heteroatoms. The molecular formula is C12H14N4O3S2. The van der Waals surface area contributed by atoms with Gasteiger partial charge in [0, 0.05) is 30.2 Å². The Labute approximate surface area is 126 Å². The third-order valence-corrected chi connectivity index (χ3v) is 4.28. The highest BCUT2D eigenvalue weighted by atomic mass is 32.2. The fourth-order valence-electron chi connectivity index (χ4n) is 1.59. The fraction of sp³-hybridized carbons (Fsp3) is 0.167. The van der Waals surface area contributed by atoms with E-state index in [1.807, 2.05) is 5.38 Å². The van der Waals surface area contributed by atoms with Crippen molar-refractivity contribution in [3.8, 4) is 0 Å². The predicted octanol–water partition coefficient (Wildman–Crippen LogP) is 1.15. The lowest BCUT2D eigenvalue weighted by Crippen LogP contribution is -2.30. The van der Waals surface area contributed by atoms with E-state index < -0.39 is 16.1 Å². The summed E-state index contributed by atoms with van der Waals surface area (Å²) in [6.07, 6.45) is 2.35. The van der Waals surface area contributed by atoms with Gasteiger partial charge in [0.05, 0.1) is 9.90 Å². The van der Waals surface area contributed by atoms with E-state index in [0.29, 0.717) is 18.7 Å². The smallest absolute Gasteiger partial charge is 0.319 e. The Hall–Kier alpha value is -1.97. The van der Waals surface area contributed by atoms with Crippen LogP contribution in [0.15, 0.2) is 40.7 Å². The molecule has 1 aromatic carbocycles. The van der Waals surface area contributed by atoms with Crippen LogP contribution in [0.25, 0.3) is 0 Å². The van der Waals surface area contributed by atoms with Crippen molar-refractivity contribution < 1.29 is 13.2 Å². The van der Waals surface area contributed by atoms with Gasteiger partial charge >= 0.3 is 6.03 Å². The molecule has 0 bridgehead atoms. The zero-order valence-electron chi connectivity index (χ0n) is 10.9. The maximum atomic E-state index is 11.7. The van der Waals surface area contributed by atoms with Crippen LogP contribution in [-0.4, -0.2) is 26.0 Å². The normalized spacial score (nSPS) is 11.1. The fourth-order valence-corrected chi connectivity index (χ4v) is 2.77. The van der Waals surface area contributed by atoms with Crippen LogP contribution in [0.4, 0.5) is 10.5 Å². The molecule has 0 saturated carbocycles. The molecular weight excluding hydrogens is 312 g/mol. The zero-order valence-corrected chi connectivity index (χ0v) is 12.6. The van der Waals surface area contributed by atoms with E-state index in [-0.39, 0.29) is 4.90 Å². The number of primary sulfonamides is 1. The lowest BCUT2D eigenvalue weighted by molar-refractivity contribution is 0.252. The number of hydrogen-bond donors (Lipinski definition) is 3. The molecule has 1 aromatic heterocycles. The number of amides is 2. The first-order valence-electron chi connectivity index (χ1n) is 6.01. The van der Waals surface area contributed by atoms with Crippen LogP contribution >= 0.6 is 11.3 Å². The summed E-state index contributed by atoms with van der Waals surface area (Å²) in [5, 5.41) is 13.0. The Bertz CT molecular complexity index is 714. The average molecular weight is 326 g/mol. The molecule has 0 atom stereocenters. The SMILES string of the molecule is NS(=O)(=O)c1cccc(NC(=O)NCCc2nccs2)c1. The standard InChI is InChI=1S/C12H14N4O3S2/c13-21(18,19)10-3-1-2-9(8-10)16-12(17)15-5-4-11-14-6-7-20-11/h1-3,6-8H,4-5H2,(H2,13,18,19)(H2,15,16,17). The zero-order chi connectivity index (χ0) is 15.3. The minimum Gasteiger partial charge on any atom is -0.337 e. The number of benzene rings is 1. The number of carbonyl (C=O) groups excluding carboxylic acids is 1. The number of hydrogen-bond acceptors (Lipinski definition) is 5. The third kappa shape index (κ3) is 4.81. The molecule has 21 heavy (non-hydrogen) atoms. The largest absolute Gasteiger partial charge is 0.337 e. The van der Waals surface area contributed by atoms with Gasteiger partial charge in [0.25, 0.3) is 0 Å². The number of nitrogens with zero attached hydrogens (tertiary/aromatic N) is 1. The van der Waals surface area contributed by atoms with Crippen molar-refractivity contribution in [2.24, 2.45) is 5.14 Å². The molecule has 2 aromatic rings. The monoisotopic (exact) mass is 326 g/mol. The topological polar surface area (TPSA) is 114 Å². The highest BCUT2D eigenvalue weighted by Crippen LogP contribution is 2.13. The van der Waals surface area contributed by atoms with Crippen molar-refractivity contribution in [2.45, 2.75) is 11.3 Å². The van der Waals surface area contributed by atoms with Gasteiger partial charge in [-0.3, -0.25) is 0 Å². The first-order valence-corrected chi connectivity index (χ1v) is 8.44. The summed E-state index contributed by atoms with van der Waals surface area (Å²) >= 11 is 1.52. The maximum absolute atomic E-state index is 11.7. The van der Waals surface area contributed by atoms with Gasteiger partial charge in [-0.05, 0) is 18.2 Å². The molecule has 0 saturated heterocycles. The van der Waals surface area contributed by atoms with E-state index >= 15 is 0 Å². The van der Waals surface area contributed by atoms with Crippen molar-refractivity contribution in [1.82, 2.24) is 10.3 Å². The number of sulfonamides is 1. The number of nitrogens with two attached hydrogens (primary N) is 1. The summed E-state index contributed by atoms with van der Waals surface area (Å²) in [6.45, 7) is 0.439. The molecule has 1 heterocycles. The Morgan fingerprint density at radius 1 is 1.38 bits per heavy atom. The number of carbonyl (C=O) groups is 1. The summed E-state index contributed by atoms with van der Waals surface area (Å²) in [7, 11) is -3.79. The summed E-state index contributed by atoms with van der Waals surface area (Å²) in [4.78, 5) is 15.7. The molecule has 0 spiro atoms. The molecule has 0 fully saturated rings. The highest BCUT2D eigenvalue weighted by Gasteiger charge is 2.09. The molecule has 0 aliphatic carbocycles. The predicted molar refractivity (Wildman–Crippen MR) is 80.7 cm³/mol. The Balaban J connectivity index is 1.88. The molecule has 0 aliphatic heterocycles. The van der Waals surface area contributed by atoms with Crippen LogP contribution < -0.4 is 15.8 Å². The van der Waals surface area contributed by atoms with Crippen molar-refractivity contribution in [2.75, 3.05) is 11.9 Å². The van der Waals surface area contributed by atoms with Gasteiger partial charge in [0.15, 0.2) is 0 Å². The molecule has 0 unspecified atom stereocenters. The lowest BCUT2D eigenvalue weighted by atomic mass is 10.3. The molecule has 0 aliphatic rings. The van der Waals surface area contributed by atoms with Crippen molar-refractivity contribution >= 4 is 33.1 Å². The van der Waals surface area contributed by atoms with Gasteiger partial charge in [0.1, 0.15) is 0 Å². The van der Waals surface area contributed by atoms with E-state index in [0.717, 1.165) is 5.01 Å². The molecule has 7 nitrogen and oxygen atoms in total. The summed E-state index contributed by atoms with van der Waals surface area (Å²) in [6, 6.07) is 5.33. The summed E-state index contributed by atoms with van der Waals surface area (Å²) in [5.74, 6) is 0. The Morgan fingerprint density at radius 3 is 2.86 bits per heavy atom. The number of anilines is 1. The van der Waals surface area contributed by atoms with Crippen LogP contribution in [0.3, 0.4) is 0 Å². The number of rotatable bonds is 5. The van der Waals surface area contributed by atoms with Crippen LogP contribution in [-0.2, 0) is 16.4 Å². The van der Waals surface area contributed by atoms with E-state index in [1.165, 1.54) is 29.5 Å². The Morgan fingerprint density at radius 2 is 2.19 bits per heavy atom. The minimum absolute atomic E-state index is 0.0527. The van der Waals surface area contributed by atoms with Crippen LogP contribution in [0.1, 0.15) is 5.01 Å². The van der Waals surface area contributed by atoms with Gasteiger partial charge in [-0.1, -0.05) is 6.07 Å². The number of thiazole rings is 1. The van der Waals surface area contributed by atoms with Crippen molar-refractivity contribution in [3.63, 3.8) is 0 Å². The molecule has 4 N–H and O–H groups in total. The van der Waals surface area contributed by atoms with E-state index in [2.05, 4.69) is 15.6 Å². The first-order chi connectivity index (χ1) is 9.95. The highest BCUT2D eigenvalue weighted by molar-refractivity contribution is 7.89. The molecule has 0 radical (unpaired) electrons. The van der Waals surface area contributed by atoms with Gasteiger partial charge in [-0.15, -0.1) is 11.3 Å². The minimum atomic E-state index is -3.79. The van der Waals surface area contributed by atoms with Crippen molar-refractivity contribution in [3.05, 3.63) is 40.8 Å². The molecule has 2 rings (SSSR count). The van der Waals surface area contributed by atoms with Crippen LogP contribution in [0.5, 0.6) is 0 Å². The Kier molecular flexibility index (Phi) is 4.89. The molecule has 112 valence electrons. The van der Waals surface area contributed by atoms with Crippen LogP contribution in [0, 0.1) is 0 Å². The van der Waals surface area contributed by atoms with Gasteiger partial charge in [0.2, 0.25) is 10.0 Å².